The number of amidine groups is 1. The van der Waals surface area contributed by atoms with Crippen LogP contribution in [0.15, 0.2) is 59.1 Å². The molecule has 2 aliphatic heterocycles. The van der Waals surface area contributed by atoms with Crippen molar-refractivity contribution >= 4 is 44.1 Å². The molecule has 0 spiro atoms. The van der Waals surface area contributed by atoms with Crippen molar-refractivity contribution in [2.45, 2.75) is 25.7 Å². The zero-order valence-corrected chi connectivity index (χ0v) is 17.8. The summed E-state index contributed by atoms with van der Waals surface area (Å²) >= 11 is 1.51. The average molecular weight is 428 g/mol. The number of amides is 1. The minimum absolute atomic E-state index is 0.142. The first-order chi connectivity index (χ1) is 15.2. The second-order valence-electron chi connectivity index (χ2n) is 7.66. The summed E-state index contributed by atoms with van der Waals surface area (Å²) < 4.78 is 1.07. The van der Waals surface area contributed by atoms with E-state index in [0.29, 0.717) is 29.8 Å². The molecule has 2 aromatic carbocycles. The second kappa shape index (κ2) is 8.32. The molecule has 1 fully saturated rings. The van der Waals surface area contributed by atoms with Crippen LogP contribution in [0.25, 0.3) is 15.9 Å². The average Bonchev–Trinajstić information content (AvgIpc) is 3.24. The summed E-state index contributed by atoms with van der Waals surface area (Å²) in [7, 11) is 0. The quantitative estimate of drug-likeness (QED) is 0.478. The molecule has 6 nitrogen and oxygen atoms in total. The van der Waals surface area contributed by atoms with Gasteiger partial charge in [-0.2, -0.15) is 5.26 Å². The molecule has 7 heteroatoms. The number of benzene rings is 2. The summed E-state index contributed by atoms with van der Waals surface area (Å²) in [4.78, 5) is 24.4. The first kappa shape index (κ1) is 19.5. The van der Waals surface area contributed by atoms with Gasteiger partial charge >= 0.3 is 0 Å². The number of likely N-dealkylation sites (tertiary alicyclic amines) is 1. The van der Waals surface area contributed by atoms with Gasteiger partial charge in [-0.1, -0.05) is 60.6 Å². The third kappa shape index (κ3) is 3.71. The van der Waals surface area contributed by atoms with E-state index in [1.807, 2.05) is 53.4 Å². The first-order valence-corrected chi connectivity index (χ1v) is 11.3. The number of hydrogen-bond donors (Lipinski definition) is 1. The maximum absolute atomic E-state index is 13.2. The van der Waals surface area contributed by atoms with Gasteiger partial charge in [0.15, 0.2) is 0 Å². The van der Waals surface area contributed by atoms with Crippen molar-refractivity contribution in [3.05, 3.63) is 65.2 Å². The number of thiazole rings is 1. The minimum atomic E-state index is -0.206. The van der Waals surface area contributed by atoms with Crippen LogP contribution in [0, 0.1) is 11.3 Å². The Labute approximate surface area is 184 Å². The topological polar surface area (TPSA) is 81.4 Å². The normalized spacial score (nSPS) is 18.9. The van der Waals surface area contributed by atoms with Crippen LogP contribution in [0.1, 0.15) is 36.8 Å². The molecule has 1 N–H and O–H groups in total. The van der Waals surface area contributed by atoms with Gasteiger partial charge in [0.25, 0.3) is 5.91 Å². The van der Waals surface area contributed by atoms with Gasteiger partial charge in [0.05, 0.1) is 15.9 Å². The molecule has 0 aliphatic carbocycles. The van der Waals surface area contributed by atoms with Crippen molar-refractivity contribution in [2.75, 3.05) is 13.1 Å². The molecule has 1 aromatic heterocycles. The predicted molar refractivity (Wildman–Crippen MR) is 123 cm³/mol. The number of para-hydroxylation sites is 1. The highest BCUT2D eigenvalue weighted by molar-refractivity contribution is 7.22. The van der Waals surface area contributed by atoms with Crippen LogP contribution >= 0.6 is 11.3 Å². The van der Waals surface area contributed by atoms with Crippen LogP contribution in [0.5, 0.6) is 0 Å². The smallest absolute Gasteiger partial charge is 0.266 e. The Kier molecular flexibility index (Phi) is 5.23. The number of nitrogens with one attached hydrogen (secondary N) is 1. The lowest BCUT2D eigenvalue weighted by atomic mass is 10.0. The van der Waals surface area contributed by atoms with Gasteiger partial charge in [-0.25, -0.2) is 9.98 Å². The molecule has 0 bridgehead atoms. The van der Waals surface area contributed by atoms with Crippen molar-refractivity contribution in [1.29, 1.82) is 5.26 Å². The van der Waals surface area contributed by atoms with Crippen LogP contribution in [-0.4, -0.2) is 34.7 Å². The number of fused-ring (bicyclic) bond motifs is 2. The molecule has 1 saturated heterocycles. The van der Waals surface area contributed by atoms with Gasteiger partial charge in [-0.3, -0.25) is 4.79 Å². The van der Waals surface area contributed by atoms with Crippen molar-refractivity contribution < 1.29 is 4.79 Å². The first-order valence-electron chi connectivity index (χ1n) is 10.5. The van der Waals surface area contributed by atoms with Crippen molar-refractivity contribution in [2.24, 2.45) is 4.99 Å². The van der Waals surface area contributed by atoms with Gasteiger partial charge < -0.3 is 10.2 Å². The predicted octanol–water partition coefficient (Wildman–Crippen LogP) is 4.62. The fourth-order valence-electron chi connectivity index (χ4n) is 4.09. The number of carbonyl (C=O) groups excluding carboxylic acids is 1. The highest BCUT2D eigenvalue weighted by atomic mass is 32.1. The molecule has 2 aliphatic rings. The van der Waals surface area contributed by atoms with Gasteiger partial charge in [0.2, 0.25) is 5.13 Å². The van der Waals surface area contributed by atoms with Crippen molar-refractivity contribution in [3.8, 4) is 6.07 Å². The van der Waals surface area contributed by atoms with Gasteiger partial charge in [0, 0.05) is 24.2 Å². The summed E-state index contributed by atoms with van der Waals surface area (Å²) in [6, 6.07) is 17.8. The van der Waals surface area contributed by atoms with Crippen LogP contribution < -0.4 is 5.32 Å². The second-order valence-corrected chi connectivity index (χ2v) is 8.67. The third-order valence-electron chi connectivity index (χ3n) is 5.65. The zero-order chi connectivity index (χ0) is 21.2. The lowest BCUT2D eigenvalue weighted by Crippen LogP contribution is -2.34. The fraction of sp³-hybridized carbons (Fsp3) is 0.250. The van der Waals surface area contributed by atoms with E-state index in [1.54, 1.807) is 0 Å². The summed E-state index contributed by atoms with van der Waals surface area (Å²) in [6.45, 7) is 1.40. The van der Waals surface area contributed by atoms with Crippen molar-refractivity contribution in [3.63, 3.8) is 0 Å². The molecule has 0 unspecified atom stereocenters. The molecule has 3 aromatic rings. The van der Waals surface area contributed by atoms with E-state index in [-0.39, 0.29) is 11.5 Å². The molecule has 0 saturated carbocycles. The standard InChI is InChI=1S/C24H21N5OS/c25-15-18(23(30)29-13-7-1-2-8-14-29)21-16-9-3-4-10-17(16)22(27-21)28-24-26-19-11-5-6-12-20(19)31-24/h3-6,9-12H,1-2,7-8,13-14H2,(H,26,27,28)/b21-18-. The van der Waals surface area contributed by atoms with E-state index in [4.69, 9.17) is 4.99 Å². The highest BCUT2D eigenvalue weighted by Crippen LogP contribution is 2.32. The molecule has 0 radical (unpaired) electrons. The molecule has 31 heavy (non-hydrogen) atoms. The van der Waals surface area contributed by atoms with Crippen LogP contribution in [0.2, 0.25) is 0 Å². The molecule has 5 rings (SSSR count). The van der Waals surface area contributed by atoms with E-state index in [9.17, 15) is 10.1 Å². The summed E-state index contributed by atoms with van der Waals surface area (Å²) in [5.74, 6) is 0.406. The van der Waals surface area contributed by atoms with E-state index in [1.165, 1.54) is 11.3 Å². The van der Waals surface area contributed by atoms with Gasteiger partial charge in [0.1, 0.15) is 17.5 Å². The number of hydrogen-bond acceptors (Lipinski definition) is 5. The third-order valence-corrected chi connectivity index (χ3v) is 6.58. The van der Waals surface area contributed by atoms with Crippen LogP contribution in [0.4, 0.5) is 5.13 Å². The molecule has 0 atom stereocenters. The number of aliphatic imine (C=N–C) groups is 1. The number of rotatable bonds is 2. The molecule has 154 valence electrons. The number of nitriles is 1. The number of carbonyl (C=O) groups is 1. The SMILES string of the molecule is N#C/C(C(=O)N1CCCCCC1)=C1/NC(=Nc2nc3ccccc3s2)c2ccccc21. The number of aromatic nitrogens is 1. The Morgan fingerprint density at radius 3 is 2.48 bits per heavy atom. The summed E-state index contributed by atoms with van der Waals surface area (Å²) in [5.41, 5.74) is 3.27. The lowest BCUT2D eigenvalue weighted by Gasteiger charge is -2.20. The van der Waals surface area contributed by atoms with Crippen LogP contribution in [-0.2, 0) is 4.79 Å². The van der Waals surface area contributed by atoms with Crippen molar-refractivity contribution in [1.82, 2.24) is 15.2 Å². The van der Waals surface area contributed by atoms with E-state index in [0.717, 1.165) is 47.0 Å². The Morgan fingerprint density at radius 1 is 1.03 bits per heavy atom. The molecule has 3 heterocycles. The molecular weight excluding hydrogens is 406 g/mol. The Hall–Kier alpha value is -3.50. The molecular formula is C24H21N5OS. The largest absolute Gasteiger partial charge is 0.338 e. The van der Waals surface area contributed by atoms with E-state index < -0.39 is 0 Å². The number of nitrogens with zero attached hydrogens (tertiary/aromatic N) is 4. The summed E-state index contributed by atoms with van der Waals surface area (Å²) in [5, 5.41) is 13.8. The Bertz CT molecular complexity index is 1230. The highest BCUT2D eigenvalue weighted by Gasteiger charge is 2.30. The maximum Gasteiger partial charge on any atom is 0.266 e. The molecule has 1 amide bonds. The monoisotopic (exact) mass is 427 g/mol. The van der Waals surface area contributed by atoms with Gasteiger partial charge in [-0.05, 0) is 25.0 Å². The van der Waals surface area contributed by atoms with E-state index in [2.05, 4.69) is 16.4 Å². The van der Waals surface area contributed by atoms with Crippen LogP contribution in [0.3, 0.4) is 0 Å². The van der Waals surface area contributed by atoms with Gasteiger partial charge in [-0.15, -0.1) is 0 Å². The zero-order valence-electron chi connectivity index (χ0n) is 17.0. The lowest BCUT2D eigenvalue weighted by molar-refractivity contribution is -0.126. The van der Waals surface area contributed by atoms with E-state index >= 15 is 0 Å². The minimum Gasteiger partial charge on any atom is -0.338 e. The Morgan fingerprint density at radius 2 is 1.74 bits per heavy atom. The Balaban J connectivity index is 1.55. The fourth-order valence-corrected chi connectivity index (χ4v) is 4.93. The summed E-state index contributed by atoms with van der Waals surface area (Å²) in [6.07, 6.45) is 4.22. The maximum atomic E-state index is 13.2.